The molecular weight excluding hydrogens is 282 g/mol. The van der Waals surface area contributed by atoms with E-state index in [2.05, 4.69) is 15.3 Å². The quantitative estimate of drug-likeness (QED) is 0.764. The first-order valence-electron chi connectivity index (χ1n) is 5.71. The fourth-order valence-electron chi connectivity index (χ4n) is 1.44. The largest absolute Gasteiger partial charge is 0.481 e. The van der Waals surface area contributed by atoms with Crippen LogP contribution in [-0.2, 0) is 11.2 Å². The first-order chi connectivity index (χ1) is 9.54. The second kappa shape index (κ2) is 6.11. The number of aliphatic carboxylic acids is 1. The Bertz CT molecular complexity index is 672. The lowest BCUT2D eigenvalue weighted by Crippen LogP contribution is -2.14. The summed E-state index contributed by atoms with van der Waals surface area (Å²) in [5.41, 5.74) is 0.646. The Morgan fingerprint density at radius 1 is 1.40 bits per heavy atom. The second-order valence-corrected chi connectivity index (χ2v) is 4.79. The van der Waals surface area contributed by atoms with Gasteiger partial charge in [-0.2, -0.15) is 0 Å². The number of carbonyl (C=O) groups is 2. The van der Waals surface area contributed by atoms with E-state index in [0.29, 0.717) is 22.8 Å². The van der Waals surface area contributed by atoms with Gasteiger partial charge in [-0.25, -0.2) is 4.98 Å². The molecule has 0 aliphatic rings. The molecule has 104 valence electrons. The summed E-state index contributed by atoms with van der Waals surface area (Å²) in [5, 5.41) is 13.2. The Kier molecular flexibility index (Phi) is 4.26. The molecule has 0 unspecified atom stereocenters. The summed E-state index contributed by atoms with van der Waals surface area (Å²) < 4.78 is 0. The van der Waals surface area contributed by atoms with Crippen LogP contribution in [0.3, 0.4) is 0 Å². The van der Waals surface area contributed by atoms with E-state index in [4.69, 9.17) is 5.11 Å². The molecular formula is C12H11N3O4S. The molecule has 2 aromatic rings. The molecule has 0 bridgehead atoms. The van der Waals surface area contributed by atoms with Gasteiger partial charge in [-0.3, -0.25) is 19.7 Å². The minimum atomic E-state index is -0.892. The second-order valence-electron chi connectivity index (χ2n) is 3.93. The van der Waals surface area contributed by atoms with Gasteiger partial charge in [-0.1, -0.05) is 0 Å². The molecule has 0 saturated heterocycles. The monoisotopic (exact) mass is 293 g/mol. The average Bonchev–Trinajstić information content (AvgIpc) is 2.84. The van der Waals surface area contributed by atoms with Gasteiger partial charge in [0.2, 0.25) is 5.56 Å². The number of thiazole rings is 1. The van der Waals surface area contributed by atoms with Crippen molar-refractivity contribution in [3.8, 4) is 0 Å². The van der Waals surface area contributed by atoms with E-state index >= 15 is 0 Å². The van der Waals surface area contributed by atoms with Crippen molar-refractivity contribution in [2.45, 2.75) is 12.8 Å². The van der Waals surface area contributed by atoms with Gasteiger partial charge in [0, 0.05) is 24.1 Å². The number of carboxylic acids is 1. The molecule has 2 heterocycles. The number of aryl methyl sites for hydroxylation is 1. The third kappa shape index (κ3) is 3.75. The average molecular weight is 293 g/mol. The summed E-state index contributed by atoms with van der Waals surface area (Å²) in [5.74, 6) is -1.28. The maximum atomic E-state index is 11.8. The van der Waals surface area contributed by atoms with Gasteiger partial charge in [-0.05, 0) is 6.07 Å². The summed E-state index contributed by atoms with van der Waals surface area (Å²) in [6, 6.07) is 2.67. The number of aromatic nitrogens is 2. The molecule has 0 radical (unpaired) electrons. The Hall–Kier alpha value is -2.48. The highest BCUT2D eigenvalue weighted by molar-refractivity contribution is 7.13. The van der Waals surface area contributed by atoms with E-state index in [1.54, 1.807) is 5.38 Å². The van der Waals surface area contributed by atoms with Crippen LogP contribution in [-0.4, -0.2) is 27.0 Å². The Labute approximate surface area is 117 Å². The highest BCUT2D eigenvalue weighted by Crippen LogP contribution is 2.17. The number of nitrogens with zero attached hydrogens (tertiary/aromatic N) is 1. The number of hydrogen-bond acceptors (Lipinski definition) is 5. The zero-order valence-corrected chi connectivity index (χ0v) is 11.1. The van der Waals surface area contributed by atoms with Gasteiger partial charge in [0.25, 0.3) is 5.91 Å². The zero-order chi connectivity index (χ0) is 14.5. The lowest BCUT2D eigenvalue weighted by Gasteiger charge is -2.00. The third-order valence-electron chi connectivity index (χ3n) is 2.41. The molecule has 7 nitrogen and oxygen atoms in total. The molecule has 3 N–H and O–H groups in total. The molecule has 0 fully saturated rings. The summed E-state index contributed by atoms with van der Waals surface area (Å²) in [7, 11) is 0. The SMILES string of the molecule is O=C(O)CCc1csc(NC(=O)c2ccc(=O)[nH]c2)n1. The fraction of sp³-hybridized carbons (Fsp3) is 0.167. The molecule has 0 aliphatic heterocycles. The minimum absolute atomic E-state index is 0.00293. The minimum Gasteiger partial charge on any atom is -0.481 e. The number of H-pyrrole nitrogens is 1. The van der Waals surface area contributed by atoms with Crippen LogP contribution in [0.4, 0.5) is 5.13 Å². The standard InChI is InChI=1S/C12H11N3O4S/c16-9-3-1-7(5-13-9)11(19)15-12-14-8(6-20-12)2-4-10(17)18/h1,3,5-6H,2,4H2,(H,13,16)(H,17,18)(H,14,15,19). The number of pyridine rings is 1. The first kappa shape index (κ1) is 13.9. The number of nitrogens with one attached hydrogen (secondary N) is 2. The predicted octanol–water partition coefficient (Wildman–Crippen LogP) is 1.10. The number of carbonyl (C=O) groups excluding carboxylic acids is 1. The van der Waals surface area contributed by atoms with Crippen LogP contribution in [0, 0.1) is 0 Å². The lowest BCUT2D eigenvalue weighted by atomic mass is 10.2. The first-order valence-corrected chi connectivity index (χ1v) is 6.59. The molecule has 0 aromatic carbocycles. The summed E-state index contributed by atoms with van der Waals surface area (Å²) >= 11 is 1.22. The van der Waals surface area contributed by atoms with Crippen molar-refractivity contribution in [1.82, 2.24) is 9.97 Å². The van der Waals surface area contributed by atoms with E-state index in [1.165, 1.54) is 29.7 Å². The topological polar surface area (TPSA) is 112 Å². The molecule has 0 spiro atoms. The van der Waals surface area contributed by atoms with Crippen molar-refractivity contribution in [3.05, 3.63) is 45.3 Å². The van der Waals surface area contributed by atoms with Gasteiger partial charge in [0.1, 0.15) is 0 Å². The number of aromatic amines is 1. The van der Waals surface area contributed by atoms with E-state index in [9.17, 15) is 14.4 Å². The summed E-state index contributed by atoms with van der Waals surface area (Å²) in [4.78, 5) is 39.7. The molecule has 2 rings (SSSR count). The number of rotatable bonds is 5. The maximum Gasteiger partial charge on any atom is 0.303 e. The van der Waals surface area contributed by atoms with Gasteiger partial charge in [0.15, 0.2) is 5.13 Å². The molecule has 1 amide bonds. The maximum absolute atomic E-state index is 11.8. The molecule has 2 aromatic heterocycles. The van der Waals surface area contributed by atoms with Crippen molar-refractivity contribution in [2.24, 2.45) is 0 Å². The Morgan fingerprint density at radius 2 is 2.20 bits per heavy atom. The number of anilines is 1. The molecule has 0 atom stereocenters. The normalized spacial score (nSPS) is 10.2. The van der Waals surface area contributed by atoms with Crippen LogP contribution in [0.2, 0.25) is 0 Å². The molecule has 0 aliphatic carbocycles. The fourth-order valence-corrected chi connectivity index (χ4v) is 2.18. The van der Waals surface area contributed by atoms with Crippen molar-refractivity contribution >= 4 is 28.3 Å². The van der Waals surface area contributed by atoms with Crippen LogP contribution >= 0.6 is 11.3 Å². The van der Waals surface area contributed by atoms with E-state index in [-0.39, 0.29) is 17.9 Å². The Balaban J connectivity index is 1.99. The zero-order valence-electron chi connectivity index (χ0n) is 10.3. The van der Waals surface area contributed by atoms with Gasteiger partial charge < -0.3 is 10.1 Å². The molecule has 20 heavy (non-hydrogen) atoms. The van der Waals surface area contributed by atoms with Crippen molar-refractivity contribution in [3.63, 3.8) is 0 Å². The van der Waals surface area contributed by atoms with Crippen LogP contribution < -0.4 is 10.9 Å². The Morgan fingerprint density at radius 3 is 2.85 bits per heavy atom. The summed E-state index contributed by atoms with van der Waals surface area (Å²) in [6.07, 6.45) is 1.63. The molecule has 0 saturated carbocycles. The van der Waals surface area contributed by atoms with E-state index in [0.717, 1.165) is 0 Å². The van der Waals surface area contributed by atoms with Crippen molar-refractivity contribution in [2.75, 3.05) is 5.32 Å². The third-order valence-corrected chi connectivity index (χ3v) is 3.22. The van der Waals surface area contributed by atoms with Crippen LogP contribution in [0.15, 0.2) is 28.5 Å². The smallest absolute Gasteiger partial charge is 0.303 e. The van der Waals surface area contributed by atoms with Crippen LogP contribution in [0.5, 0.6) is 0 Å². The van der Waals surface area contributed by atoms with Gasteiger partial charge >= 0.3 is 5.97 Å². The van der Waals surface area contributed by atoms with Crippen LogP contribution in [0.1, 0.15) is 22.5 Å². The predicted molar refractivity (Wildman–Crippen MR) is 73.1 cm³/mol. The number of amides is 1. The van der Waals surface area contributed by atoms with Crippen molar-refractivity contribution < 1.29 is 14.7 Å². The van der Waals surface area contributed by atoms with Gasteiger partial charge in [-0.15, -0.1) is 11.3 Å². The van der Waals surface area contributed by atoms with E-state index in [1.807, 2.05) is 0 Å². The highest BCUT2D eigenvalue weighted by atomic mass is 32.1. The van der Waals surface area contributed by atoms with Crippen molar-refractivity contribution in [1.29, 1.82) is 0 Å². The lowest BCUT2D eigenvalue weighted by molar-refractivity contribution is -0.136. The highest BCUT2D eigenvalue weighted by Gasteiger charge is 2.09. The van der Waals surface area contributed by atoms with Crippen LogP contribution in [0.25, 0.3) is 0 Å². The van der Waals surface area contributed by atoms with Gasteiger partial charge in [0.05, 0.1) is 17.7 Å². The number of hydrogen-bond donors (Lipinski definition) is 3. The summed E-state index contributed by atoms with van der Waals surface area (Å²) in [6.45, 7) is 0. The molecule has 8 heteroatoms. The van der Waals surface area contributed by atoms with E-state index < -0.39 is 5.97 Å². The number of carboxylic acid groups (broad SMARTS) is 1.